The van der Waals surface area contributed by atoms with Crippen LogP contribution in [0.3, 0.4) is 0 Å². The van der Waals surface area contributed by atoms with Gasteiger partial charge in [-0.15, -0.1) is 0 Å². The second kappa shape index (κ2) is 12.9. The molecule has 0 saturated carbocycles. The number of nitrogens with one attached hydrogen (secondary N) is 1. The van der Waals surface area contributed by atoms with E-state index in [9.17, 15) is 27.9 Å². The maximum Gasteiger partial charge on any atom is 0.416 e. The summed E-state index contributed by atoms with van der Waals surface area (Å²) in [6, 6.07) is 5.26. The molecule has 4 atom stereocenters. The maximum atomic E-state index is 13.0. The van der Waals surface area contributed by atoms with Crippen LogP contribution in [0, 0.1) is 11.8 Å². The highest BCUT2D eigenvalue weighted by Crippen LogP contribution is 2.32. The van der Waals surface area contributed by atoms with E-state index in [0.29, 0.717) is 6.42 Å². The van der Waals surface area contributed by atoms with Gasteiger partial charge in [-0.2, -0.15) is 13.2 Å². The second-order valence-corrected chi connectivity index (χ2v) is 9.38. The number of unbranched alkanes of at least 4 members (excludes halogenated alkanes) is 1. The first-order valence-corrected chi connectivity index (χ1v) is 12.5. The lowest BCUT2D eigenvalue weighted by molar-refractivity contribution is -0.154. The van der Waals surface area contributed by atoms with Crippen molar-refractivity contribution in [2.75, 3.05) is 20.3 Å². The number of alkyl halides is 3. The maximum absolute atomic E-state index is 13.0. The third-order valence-electron chi connectivity index (χ3n) is 6.71. The molecule has 2 heterocycles. The van der Waals surface area contributed by atoms with Crippen LogP contribution in [0.2, 0.25) is 0 Å². The molecule has 11 heteroatoms. The van der Waals surface area contributed by atoms with Gasteiger partial charge in [0.1, 0.15) is 6.10 Å². The molecule has 2 N–H and O–H groups in total. The number of carbonyl (C=O) groups is 2. The Morgan fingerprint density at radius 1 is 1.21 bits per heavy atom. The molecule has 0 bridgehead atoms. The van der Waals surface area contributed by atoms with E-state index in [0.717, 1.165) is 37.0 Å². The average molecular weight is 539 g/mol. The minimum atomic E-state index is -4.41. The summed E-state index contributed by atoms with van der Waals surface area (Å²) < 4.78 is 55.6. The molecule has 0 radical (unpaired) electrons. The summed E-state index contributed by atoms with van der Waals surface area (Å²) in [6.45, 7) is 3.84. The highest BCUT2D eigenvalue weighted by Gasteiger charge is 2.35. The third kappa shape index (κ3) is 7.37. The third-order valence-corrected chi connectivity index (χ3v) is 6.71. The van der Waals surface area contributed by atoms with Crippen LogP contribution in [0.25, 0.3) is 0 Å². The first kappa shape index (κ1) is 29.2. The quantitative estimate of drug-likeness (QED) is 0.475. The Morgan fingerprint density at radius 2 is 1.92 bits per heavy atom. The van der Waals surface area contributed by atoms with Crippen molar-refractivity contribution in [3.05, 3.63) is 53.3 Å². The van der Waals surface area contributed by atoms with E-state index in [4.69, 9.17) is 14.2 Å². The molecular formula is C27H33F3N2O6. The van der Waals surface area contributed by atoms with Gasteiger partial charge in [0, 0.05) is 18.2 Å². The number of amides is 1. The van der Waals surface area contributed by atoms with Gasteiger partial charge in [-0.25, -0.2) is 9.78 Å². The number of nitrogens with zero attached hydrogens (tertiary/aromatic N) is 1. The van der Waals surface area contributed by atoms with Gasteiger partial charge in [-0.1, -0.05) is 31.9 Å². The van der Waals surface area contributed by atoms with Crippen LogP contribution >= 0.6 is 0 Å². The van der Waals surface area contributed by atoms with E-state index < -0.39 is 41.5 Å². The number of rotatable bonds is 8. The molecule has 1 aliphatic rings. The molecule has 1 aromatic heterocycles. The second-order valence-electron chi connectivity index (χ2n) is 9.38. The van der Waals surface area contributed by atoms with E-state index in [-0.39, 0.29) is 36.5 Å². The van der Waals surface area contributed by atoms with Crippen molar-refractivity contribution in [3.8, 4) is 11.5 Å². The minimum absolute atomic E-state index is 0.0527. The molecule has 0 unspecified atom stereocenters. The average Bonchev–Trinajstić information content (AvgIpc) is 2.92. The Bertz CT molecular complexity index is 1090. The van der Waals surface area contributed by atoms with E-state index in [1.54, 1.807) is 6.92 Å². The van der Waals surface area contributed by atoms with E-state index >= 15 is 0 Å². The number of esters is 1. The van der Waals surface area contributed by atoms with Crippen LogP contribution in [0.5, 0.6) is 11.5 Å². The molecule has 1 amide bonds. The van der Waals surface area contributed by atoms with Crippen molar-refractivity contribution < 1.29 is 42.1 Å². The Morgan fingerprint density at radius 3 is 2.55 bits per heavy atom. The molecule has 1 fully saturated rings. The number of ether oxygens (including phenoxy) is 3. The number of pyridine rings is 1. The van der Waals surface area contributed by atoms with Crippen LogP contribution in [-0.2, 0) is 26.9 Å². The van der Waals surface area contributed by atoms with Gasteiger partial charge < -0.3 is 24.6 Å². The first-order valence-electron chi connectivity index (χ1n) is 12.5. The van der Waals surface area contributed by atoms with Crippen molar-refractivity contribution in [2.24, 2.45) is 11.8 Å². The number of aromatic nitrogens is 1. The van der Waals surface area contributed by atoms with Gasteiger partial charge in [-0.3, -0.25) is 4.79 Å². The van der Waals surface area contributed by atoms with E-state index in [2.05, 4.69) is 10.3 Å². The largest absolute Gasteiger partial charge is 0.503 e. The number of halogens is 3. The lowest BCUT2D eigenvalue weighted by Gasteiger charge is -2.31. The molecule has 38 heavy (non-hydrogen) atoms. The molecular weight excluding hydrogens is 505 g/mol. The van der Waals surface area contributed by atoms with Gasteiger partial charge in [0.15, 0.2) is 23.2 Å². The summed E-state index contributed by atoms with van der Waals surface area (Å²) in [4.78, 5) is 29.7. The predicted molar refractivity (Wildman–Crippen MR) is 132 cm³/mol. The first-order chi connectivity index (χ1) is 18.0. The van der Waals surface area contributed by atoms with Crippen molar-refractivity contribution in [2.45, 2.75) is 57.9 Å². The SMILES string of the molecule is CCCC[C@@H]1[C@@H](Cc2ccc(C(F)(F)F)cc2)COC[C@H](NC(=O)c2nccc(OC)c2O)C(=O)O[C@H]1C. The molecule has 0 aliphatic carbocycles. The van der Waals surface area contributed by atoms with Crippen molar-refractivity contribution in [1.29, 1.82) is 0 Å². The summed E-state index contributed by atoms with van der Waals surface area (Å²) in [5.41, 5.74) is -0.312. The predicted octanol–water partition coefficient (Wildman–Crippen LogP) is 4.54. The zero-order valence-corrected chi connectivity index (χ0v) is 21.6. The lowest BCUT2D eigenvalue weighted by atomic mass is 9.80. The Kier molecular flexibility index (Phi) is 9.96. The number of methoxy groups -OCH3 is 1. The molecule has 208 valence electrons. The summed E-state index contributed by atoms with van der Waals surface area (Å²) in [6.07, 6.45) is -0.693. The number of aromatic hydroxyl groups is 1. The molecule has 1 aromatic carbocycles. The smallest absolute Gasteiger partial charge is 0.416 e. The number of cyclic esters (lactones) is 1. The Balaban J connectivity index is 1.78. The van der Waals surface area contributed by atoms with Crippen LogP contribution < -0.4 is 10.1 Å². The van der Waals surface area contributed by atoms with E-state index in [1.807, 2.05) is 6.92 Å². The molecule has 3 rings (SSSR count). The van der Waals surface area contributed by atoms with Gasteiger partial charge >= 0.3 is 12.1 Å². The van der Waals surface area contributed by atoms with Gasteiger partial charge in [0.05, 0.1) is 25.9 Å². The van der Waals surface area contributed by atoms with E-state index in [1.165, 1.54) is 31.5 Å². The topological polar surface area (TPSA) is 107 Å². The van der Waals surface area contributed by atoms with Gasteiger partial charge in [-0.05, 0) is 43.4 Å². The fourth-order valence-corrected chi connectivity index (χ4v) is 4.61. The van der Waals surface area contributed by atoms with Crippen molar-refractivity contribution >= 4 is 11.9 Å². The Hall–Kier alpha value is -3.34. The van der Waals surface area contributed by atoms with Crippen LogP contribution in [0.15, 0.2) is 36.5 Å². The molecule has 0 spiro atoms. The van der Waals surface area contributed by atoms with Crippen LogP contribution in [0.1, 0.15) is 54.7 Å². The van der Waals surface area contributed by atoms with Crippen LogP contribution in [0.4, 0.5) is 13.2 Å². The number of hydrogen-bond donors (Lipinski definition) is 2. The Labute approximate surface area is 219 Å². The summed E-state index contributed by atoms with van der Waals surface area (Å²) in [5, 5.41) is 12.8. The minimum Gasteiger partial charge on any atom is -0.503 e. The summed E-state index contributed by atoms with van der Waals surface area (Å²) in [5.74, 6) is -2.15. The number of carbonyl (C=O) groups excluding carboxylic acids is 2. The fourth-order valence-electron chi connectivity index (χ4n) is 4.61. The summed E-state index contributed by atoms with van der Waals surface area (Å²) in [7, 11) is 1.33. The van der Waals surface area contributed by atoms with Crippen molar-refractivity contribution in [1.82, 2.24) is 10.3 Å². The zero-order valence-electron chi connectivity index (χ0n) is 21.6. The number of hydrogen-bond acceptors (Lipinski definition) is 7. The molecule has 8 nitrogen and oxygen atoms in total. The number of benzene rings is 1. The van der Waals surface area contributed by atoms with Gasteiger partial charge in [0.2, 0.25) is 0 Å². The standard InChI is InChI=1S/C27H33F3N2O6/c1-4-5-6-20-16(2)38-26(35)21(32-25(34)23-24(33)22(36-3)11-12-31-23)15-37-14-18(20)13-17-7-9-19(10-8-17)27(28,29)30/h7-12,16,18,20-21,33H,4-6,13-15H2,1-3H3,(H,32,34)/t16-,18-,20-,21-/m0/s1. The lowest BCUT2D eigenvalue weighted by Crippen LogP contribution is -2.46. The molecule has 1 saturated heterocycles. The van der Waals surface area contributed by atoms with Crippen LogP contribution in [-0.4, -0.2) is 54.4 Å². The zero-order chi connectivity index (χ0) is 27.9. The van der Waals surface area contributed by atoms with Crippen molar-refractivity contribution in [3.63, 3.8) is 0 Å². The normalized spacial score (nSPS) is 22.5. The molecule has 1 aliphatic heterocycles. The highest BCUT2D eigenvalue weighted by atomic mass is 19.4. The summed E-state index contributed by atoms with van der Waals surface area (Å²) >= 11 is 0. The molecule has 2 aromatic rings. The fraction of sp³-hybridized carbons (Fsp3) is 0.519. The van der Waals surface area contributed by atoms with Gasteiger partial charge in [0.25, 0.3) is 5.91 Å². The highest BCUT2D eigenvalue weighted by molar-refractivity contribution is 5.98. The monoisotopic (exact) mass is 538 g/mol.